The van der Waals surface area contributed by atoms with Gasteiger partial charge in [-0.15, -0.1) is 11.3 Å². The highest BCUT2D eigenvalue weighted by Crippen LogP contribution is 2.40. The monoisotopic (exact) mass is 437 g/mol. The lowest BCUT2D eigenvalue weighted by molar-refractivity contribution is 0.0603. The Morgan fingerprint density at radius 2 is 2.00 bits per heavy atom. The van der Waals surface area contributed by atoms with Gasteiger partial charge in [0.05, 0.1) is 4.88 Å². The molecule has 0 spiro atoms. The van der Waals surface area contributed by atoms with E-state index in [1.807, 2.05) is 23.1 Å². The van der Waals surface area contributed by atoms with Crippen molar-refractivity contribution < 1.29 is 14.1 Å². The van der Waals surface area contributed by atoms with E-state index < -0.39 is 0 Å². The molecule has 2 aromatic heterocycles. The van der Waals surface area contributed by atoms with Crippen LogP contribution < -0.4 is 0 Å². The van der Waals surface area contributed by atoms with Gasteiger partial charge in [-0.25, -0.2) is 0 Å². The standard InChI is InChI=1S/C24H27N3O3S/c1-26(2)24(29)22-18(17-8-3-4-9-21(17)31-22)13-16-7-5-6-12-27(16)23(28)19-14-20(30-25-19)15-10-11-15/h3-4,8-9,14-16H,5-7,10-13H2,1-2H3. The van der Waals surface area contributed by atoms with Gasteiger partial charge in [-0.3, -0.25) is 9.59 Å². The maximum atomic E-state index is 13.3. The highest BCUT2D eigenvalue weighted by molar-refractivity contribution is 7.21. The Morgan fingerprint density at radius 1 is 1.19 bits per heavy atom. The number of hydrogen-bond donors (Lipinski definition) is 0. The average Bonchev–Trinajstić information content (AvgIpc) is 3.40. The molecule has 2 aliphatic rings. The summed E-state index contributed by atoms with van der Waals surface area (Å²) >= 11 is 1.55. The van der Waals surface area contributed by atoms with Crippen molar-refractivity contribution in [3.63, 3.8) is 0 Å². The smallest absolute Gasteiger partial charge is 0.276 e. The van der Waals surface area contributed by atoms with Crippen LogP contribution in [-0.4, -0.2) is 53.5 Å². The summed E-state index contributed by atoms with van der Waals surface area (Å²) in [5, 5.41) is 5.20. The molecule has 6 nitrogen and oxygen atoms in total. The number of hydrogen-bond acceptors (Lipinski definition) is 5. The number of aromatic nitrogens is 1. The maximum Gasteiger partial charge on any atom is 0.276 e. The molecule has 2 amide bonds. The second-order valence-corrected chi connectivity index (χ2v) is 9.90. The van der Waals surface area contributed by atoms with Gasteiger partial charge in [-0.2, -0.15) is 0 Å². The van der Waals surface area contributed by atoms with Crippen LogP contribution >= 0.6 is 11.3 Å². The minimum Gasteiger partial charge on any atom is -0.360 e. The van der Waals surface area contributed by atoms with Gasteiger partial charge in [0.1, 0.15) is 5.76 Å². The molecule has 162 valence electrons. The molecule has 1 aliphatic carbocycles. The minimum atomic E-state index is -0.0552. The first-order valence-corrected chi connectivity index (χ1v) is 11.8. The first kappa shape index (κ1) is 20.2. The number of carbonyl (C=O) groups excluding carboxylic acids is 2. The van der Waals surface area contributed by atoms with Crippen LogP contribution in [0, 0.1) is 0 Å². The zero-order valence-corrected chi connectivity index (χ0v) is 18.8. The van der Waals surface area contributed by atoms with E-state index >= 15 is 0 Å². The third kappa shape index (κ3) is 3.87. The number of nitrogens with zero attached hydrogens (tertiary/aromatic N) is 3. The van der Waals surface area contributed by atoms with Crippen molar-refractivity contribution in [2.45, 2.75) is 50.5 Å². The van der Waals surface area contributed by atoms with Crippen molar-refractivity contribution >= 4 is 33.2 Å². The first-order valence-electron chi connectivity index (χ1n) is 11.0. The first-order chi connectivity index (χ1) is 15.0. The van der Waals surface area contributed by atoms with Gasteiger partial charge in [-0.1, -0.05) is 23.4 Å². The summed E-state index contributed by atoms with van der Waals surface area (Å²) in [6.45, 7) is 0.716. The molecule has 0 N–H and O–H groups in total. The van der Waals surface area contributed by atoms with Gasteiger partial charge in [0.2, 0.25) is 0 Å². The summed E-state index contributed by atoms with van der Waals surface area (Å²) in [5.74, 6) is 1.23. The second kappa shape index (κ2) is 8.11. The van der Waals surface area contributed by atoms with Crippen molar-refractivity contribution in [3.05, 3.63) is 52.2 Å². The Labute approximate surface area is 185 Å². The lowest BCUT2D eigenvalue weighted by Gasteiger charge is -2.35. The van der Waals surface area contributed by atoms with Crippen molar-refractivity contribution in [2.24, 2.45) is 0 Å². The van der Waals surface area contributed by atoms with Crippen LogP contribution in [0.15, 0.2) is 34.9 Å². The fraction of sp³-hybridized carbons (Fsp3) is 0.458. The number of benzene rings is 1. The number of fused-ring (bicyclic) bond motifs is 1. The van der Waals surface area contributed by atoms with Crippen LogP contribution in [0.5, 0.6) is 0 Å². The van der Waals surface area contributed by atoms with Crippen molar-refractivity contribution in [1.29, 1.82) is 0 Å². The highest BCUT2D eigenvalue weighted by atomic mass is 32.1. The molecule has 0 bridgehead atoms. The van der Waals surface area contributed by atoms with Crippen molar-refractivity contribution in [2.75, 3.05) is 20.6 Å². The number of likely N-dealkylation sites (tertiary alicyclic amines) is 1. The van der Waals surface area contributed by atoms with E-state index in [0.29, 0.717) is 24.6 Å². The Kier molecular flexibility index (Phi) is 5.30. The average molecular weight is 438 g/mol. The molecule has 3 aromatic rings. The molecule has 0 radical (unpaired) electrons. The van der Waals surface area contributed by atoms with Gasteiger partial charge in [-0.05, 0) is 55.5 Å². The summed E-state index contributed by atoms with van der Waals surface area (Å²) in [7, 11) is 3.57. The quantitative estimate of drug-likeness (QED) is 0.580. The van der Waals surface area contributed by atoms with Crippen LogP contribution in [0.25, 0.3) is 10.1 Å². The molecular weight excluding hydrogens is 410 g/mol. The van der Waals surface area contributed by atoms with Gasteiger partial charge in [0.25, 0.3) is 11.8 Å². The predicted molar refractivity (Wildman–Crippen MR) is 121 cm³/mol. The van der Waals surface area contributed by atoms with E-state index in [4.69, 9.17) is 4.52 Å². The Morgan fingerprint density at radius 3 is 2.77 bits per heavy atom. The number of thiophene rings is 1. The van der Waals surface area contributed by atoms with Crippen LogP contribution in [0.3, 0.4) is 0 Å². The number of amides is 2. The van der Waals surface area contributed by atoms with Gasteiger partial charge in [0.15, 0.2) is 5.69 Å². The van der Waals surface area contributed by atoms with Crippen molar-refractivity contribution in [3.8, 4) is 0 Å². The fourth-order valence-corrected chi connectivity index (χ4v) is 5.74. The lowest BCUT2D eigenvalue weighted by Crippen LogP contribution is -2.45. The Balaban J connectivity index is 1.46. The van der Waals surface area contributed by atoms with E-state index in [-0.39, 0.29) is 17.9 Å². The fourth-order valence-electron chi connectivity index (χ4n) is 4.49. The second-order valence-electron chi connectivity index (χ2n) is 8.85. The molecule has 31 heavy (non-hydrogen) atoms. The number of piperidine rings is 1. The maximum absolute atomic E-state index is 13.3. The zero-order chi connectivity index (χ0) is 21.5. The molecule has 1 aliphatic heterocycles. The summed E-state index contributed by atoms with van der Waals surface area (Å²) in [6.07, 6.45) is 5.91. The summed E-state index contributed by atoms with van der Waals surface area (Å²) < 4.78 is 6.54. The van der Waals surface area contributed by atoms with E-state index in [0.717, 1.165) is 58.4 Å². The highest BCUT2D eigenvalue weighted by Gasteiger charge is 2.34. The van der Waals surface area contributed by atoms with Gasteiger partial charge < -0.3 is 14.3 Å². The Bertz CT molecular complexity index is 1130. The zero-order valence-electron chi connectivity index (χ0n) is 18.0. The van der Waals surface area contributed by atoms with Gasteiger partial charge >= 0.3 is 0 Å². The molecule has 1 aromatic carbocycles. The molecule has 7 heteroatoms. The summed E-state index contributed by atoms with van der Waals surface area (Å²) in [6, 6.07) is 10.0. The normalized spacial score (nSPS) is 19.0. The molecule has 1 atom stereocenters. The largest absolute Gasteiger partial charge is 0.360 e. The van der Waals surface area contributed by atoms with Crippen molar-refractivity contribution in [1.82, 2.24) is 15.0 Å². The SMILES string of the molecule is CN(C)C(=O)c1sc2ccccc2c1CC1CCCCN1C(=O)c1cc(C2CC2)on1. The molecular formula is C24H27N3O3S. The van der Waals surface area contributed by atoms with Gasteiger partial charge in [0, 0.05) is 43.4 Å². The number of carbonyl (C=O) groups is 2. The Hall–Kier alpha value is -2.67. The summed E-state index contributed by atoms with van der Waals surface area (Å²) in [4.78, 5) is 30.6. The van der Waals surface area contributed by atoms with Crippen LogP contribution in [-0.2, 0) is 6.42 Å². The lowest BCUT2D eigenvalue weighted by atomic mass is 9.93. The van der Waals surface area contributed by atoms with E-state index in [9.17, 15) is 9.59 Å². The van der Waals surface area contributed by atoms with E-state index in [1.165, 1.54) is 0 Å². The van der Waals surface area contributed by atoms with Crippen LogP contribution in [0.4, 0.5) is 0 Å². The molecule has 1 saturated heterocycles. The molecule has 5 rings (SSSR count). The van der Waals surface area contributed by atoms with E-state index in [2.05, 4.69) is 17.3 Å². The molecule has 2 fully saturated rings. The molecule has 1 unspecified atom stereocenters. The van der Waals surface area contributed by atoms with Crippen LogP contribution in [0.2, 0.25) is 0 Å². The predicted octanol–water partition coefficient (Wildman–Crippen LogP) is 4.71. The number of rotatable bonds is 5. The minimum absolute atomic E-state index is 0.0236. The molecule has 3 heterocycles. The molecule has 1 saturated carbocycles. The van der Waals surface area contributed by atoms with Crippen LogP contribution in [0.1, 0.15) is 69.5 Å². The summed E-state index contributed by atoms with van der Waals surface area (Å²) in [5.41, 5.74) is 1.47. The third-order valence-corrected chi connectivity index (χ3v) is 7.55. The topological polar surface area (TPSA) is 66.7 Å². The third-order valence-electron chi connectivity index (χ3n) is 6.35. The van der Waals surface area contributed by atoms with E-state index in [1.54, 1.807) is 30.3 Å².